The fourth-order valence-corrected chi connectivity index (χ4v) is 3.31. The molecule has 2 aromatic rings. The maximum absolute atomic E-state index is 13.7. The lowest BCUT2D eigenvalue weighted by atomic mass is 10.2. The number of thioether (sulfide) groups is 1. The van der Waals surface area contributed by atoms with E-state index in [0.29, 0.717) is 10.8 Å². The van der Waals surface area contributed by atoms with Crippen LogP contribution in [-0.4, -0.2) is 34.1 Å². The number of fused-ring (bicyclic) bond motifs is 1. The third-order valence-corrected chi connectivity index (χ3v) is 4.27. The molecule has 94 valence electrons. The highest BCUT2D eigenvalue weighted by molar-refractivity contribution is 8.00. The largest absolute Gasteiger partial charge is 0.354 e. The van der Waals surface area contributed by atoms with Crippen LogP contribution in [0, 0.1) is 5.82 Å². The molecule has 1 aromatic heterocycles. The number of anilines is 1. The predicted molar refractivity (Wildman–Crippen MR) is 73.6 cm³/mol. The van der Waals surface area contributed by atoms with Crippen molar-refractivity contribution in [2.24, 2.45) is 0 Å². The number of rotatable bonds is 1. The van der Waals surface area contributed by atoms with E-state index in [2.05, 4.69) is 21.8 Å². The summed E-state index contributed by atoms with van der Waals surface area (Å²) in [5.41, 5.74) is 0.411. The van der Waals surface area contributed by atoms with Crippen molar-refractivity contribution in [3.05, 3.63) is 30.3 Å². The molecule has 1 fully saturated rings. The third-order valence-electron chi connectivity index (χ3n) is 3.14. The summed E-state index contributed by atoms with van der Waals surface area (Å²) in [6, 6.07) is 5.04. The van der Waals surface area contributed by atoms with Crippen molar-refractivity contribution in [3.63, 3.8) is 0 Å². The summed E-state index contributed by atoms with van der Waals surface area (Å²) >= 11 is 1.97. The molecule has 0 spiro atoms. The van der Waals surface area contributed by atoms with Crippen LogP contribution >= 0.6 is 11.8 Å². The molecule has 0 bridgehead atoms. The van der Waals surface area contributed by atoms with Crippen LogP contribution in [0.5, 0.6) is 0 Å². The molecule has 1 aromatic carbocycles. The molecular formula is C13H14FN3S. The Morgan fingerprint density at radius 2 is 2.28 bits per heavy atom. The molecule has 3 nitrogen and oxygen atoms in total. The SMILES string of the molecule is CC1CN(c2ncnc3c(F)cccc23)CCS1. The van der Waals surface area contributed by atoms with Crippen molar-refractivity contribution in [1.82, 2.24) is 9.97 Å². The molecule has 0 N–H and O–H groups in total. The van der Waals surface area contributed by atoms with Crippen LogP contribution in [0.3, 0.4) is 0 Å². The van der Waals surface area contributed by atoms with Crippen molar-refractivity contribution < 1.29 is 4.39 Å². The average molecular weight is 263 g/mol. The Labute approximate surface area is 109 Å². The van der Waals surface area contributed by atoms with Crippen LogP contribution in [0.25, 0.3) is 10.9 Å². The van der Waals surface area contributed by atoms with Gasteiger partial charge in [0.1, 0.15) is 23.5 Å². The Morgan fingerprint density at radius 1 is 1.39 bits per heavy atom. The number of hydrogen-bond donors (Lipinski definition) is 0. The Hall–Kier alpha value is -1.36. The van der Waals surface area contributed by atoms with Gasteiger partial charge >= 0.3 is 0 Å². The van der Waals surface area contributed by atoms with E-state index in [9.17, 15) is 4.39 Å². The first-order chi connectivity index (χ1) is 8.75. The minimum Gasteiger partial charge on any atom is -0.354 e. The molecule has 1 unspecified atom stereocenters. The molecule has 1 aliphatic heterocycles. The van der Waals surface area contributed by atoms with Gasteiger partial charge in [-0.25, -0.2) is 14.4 Å². The second-order valence-electron chi connectivity index (χ2n) is 4.46. The monoisotopic (exact) mass is 263 g/mol. The summed E-state index contributed by atoms with van der Waals surface area (Å²) in [6.45, 7) is 4.12. The molecule has 1 saturated heterocycles. The van der Waals surface area contributed by atoms with E-state index in [0.717, 1.165) is 30.0 Å². The van der Waals surface area contributed by atoms with Crippen LogP contribution in [0.15, 0.2) is 24.5 Å². The van der Waals surface area contributed by atoms with Crippen LogP contribution in [0.4, 0.5) is 10.2 Å². The standard InChI is InChI=1S/C13H14FN3S/c1-9-7-17(5-6-18-9)13-10-3-2-4-11(14)12(10)15-8-16-13/h2-4,8-9H,5-7H2,1H3. The van der Waals surface area contributed by atoms with Crippen molar-refractivity contribution in [3.8, 4) is 0 Å². The highest BCUT2D eigenvalue weighted by Crippen LogP contribution is 2.28. The minimum absolute atomic E-state index is 0.282. The van der Waals surface area contributed by atoms with Crippen LogP contribution in [-0.2, 0) is 0 Å². The molecule has 5 heteroatoms. The van der Waals surface area contributed by atoms with E-state index in [4.69, 9.17) is 0 Å². The zero-order valence-corrected chi connectivity index (χ0v) is 11.0. The molecule has 0 radical (unpaired) electrons. The van der Waals surface area contributed by atoms with Crippen molar-refractivity contribution in [1.29, 1.82) is 0 Å². The van der Waals surface area contributed by atoms with Gasteiger partial charge in [-0.3, -0.25) is 0 Å². The Balaban J connectivity index is 2.09. The normalized spacial score (nSPS) is 20.3. The van der Waals surface area contributed by atoms with Gasteiger partial charge in [-0.1, -0.05) is 13.0 Å². The fourth-order valence-electron chi connectivity index (χ4n) is 2.30. The van der Waals surface area contributed by atoms with E-state index in [-0.39, 0.29) is 5.82 Å². The molecule has 1 aliphatic rings. The van der Waals surface area contributed by atoms with E-state index >= 15 is 0 Å². The quantitative estimate of drug-likeness (QED) is 0.791. The molecule has 0 amide bonds. The number of hydrogen-bond acceptors (Lipinski definition) is 4. The minimum atomic E-state index is -0.282. The average Bonchev–Trinajstić information content (AvgIpc) is 2.39. The van der Waals surface area contributed by atoms with Gasteiger partial charge in [0.25, 0.3) is 0 Å². The van der Waals surface area contributed by atoms with E-state index in [1.54, 1.807) is 6.07 Å². The van der Waals surface area contributed by atoms with Gasteiger partial charge in [0.15, 0.2) is 0 Å². The van der Waals surface area contributed by atoms with Crippen molar-refractivity contribution >= 4 is 28.5 Å². The third kappa shape index (κ3) is 2.03. The first-order valence-corrected chi connectivity index (χ1v) is 7.06. The first-order valence-electron chi connectivity index (χ1n) is 6.01. The Morgan fingerprint density at radius 3 is 3.11 bits per heavy atom. The predicted octanol–water partition coefficient (Wildman–Crippen LogP) is 2.71. The molecule has 3 rings (SSSR count). The molecule has 0 aliphatic carbocycles. The summed E-state index contributed by atoms with van der Waals surface area (Å²) in [4.78, 5) is 10.6. The lowest BCUT2D eigenvalue weighted by Gasteiger charge is -2.32. The van der Waals surface area contributed by atoms with E-state index in [1.165, 1.54) is 12.4 Å². The fraction of sp³-hybridized carbons (Fsp3) is 0.385. The van der Waals surface area contributed by atoms with Gasteiger partial charge in [-0.2, -0.15) is 11.8 Å². The van der Waals surface area contributed by atoms with E-state index in [1.807, 2.05) is 17.8 Å². The van der Waals surface area contributed by atoms with E-state index < -0.39 is 0 Å². The number of halogens is 1. The summed E-state index contributed by atoms with van der Waals surface area (Å²) in [7, 11) is 0. The number of para-hydroxylation sites is 1. The highest BCUT2D eigenvalue weighted by Gasteiger charge is 2.20. The molecular weight excluding hydrogens is 249 g/mol. The Bertz CT molecular complexity index is 575. The topological polar surface area (TPSA) is 29.0 Å². The number of aromatic nitrogens is 2. The van der Waals surface area contributed by atoms with Crippen molar-refractivity contribution in [2.45, 2.75) is 12.2 Å². The summed E-state index contributed by atoms with van der Waals surface area (Å²) in [5.74, 6) is 1.66. The van der Waals surface area contributed by atoms with Gasteiger partial charge in [-0.05, 0) is 12.1 Å². The Kier molecular flexibility index (Phi) is 3.07. The van der Waals surface area contributed by atoms with Crippen LogP contribution in [0.2, 0.25) is 0 Å². The summed E-state index contributed by atoms with van der Waals surface area (Å²) in [5, 5.41) is 1.38. The second kappa shape index (κ2) is 4.72. The maximum atomic E-state index is 13.7. The van der Waals surface area contributed by atoms with Gasteiger partial charge in [0.05, 0.1) is 0 Å². The number of nitrogens with zero attached hydrogens (tertiary/aromatic N) is 3. The van der Waals surface area contributed by atoms with Gasteiger partial charge in [-0.15, -0.1) is 0 Å². The zero-order valence-electron chi connectivity index (χ0n) is 10.1. The van der Waals surface area contributed by atoms with Gasteiger partial charge in [0.2, 0.25) is 0 Å². The second-order valence-corrected chi connectivity index (χ2v) is 6.01. The molecule has 2 heterocycles. The smallest absolute Gasteiger partial charge is 0.149 e. The van der Waals surface area contributed by atoms with Gasteiger partial charge in [0, 0.05) is 29.5 Å². The van der Waals surface area contributed by atoms with Crippen LogP contribution < -0.4 is 4.90 Å². The van der Waals surface area contributed by atoms with Crippen LogP contribution in [0.1, 0.15) is 6.92 Å². The summed E-state index contributed by atoms with van der Waals surface area (Å²) < 4.78 is 13.7. The zero-order chi connectivity index (χ0) is 12.5. The number of benzene rings is 1. The van der Waals surface area contributed by atoms with Gasteiger partial charge < -0.3 is 4.90 Å². The molecule has 1 atom stereocenters. The highest BCUT2D eigenvalue weighted by atomic mass is 32.2. The van der Waals surface area contributed by atoms with Crippen molar-refractivity contribution in [2.75, 3.05) is 23.7 Å². The molecule has 0 saturated carbocycles. The maximum Gasteiger partial charge on any atom is 0.149 e. The lowest BCUT2D eigenvalue weighted by Crippen LogP contribution is -2.37. The first kappa shape index (κ1) is 11.7. The molecule has 18 heavy (non-hydrogen) atoms. The summed E-state index contributed by atoms with van der Waals surface area (Å²) in [6.07, 6.45) is 1.45. The lowest BCUT2D eigenvalue weighted by molar-refractivity contribution is 0.636.